The second-order valence-electron chi connectivity index (χ2n) is 8.63. The number of carboxylic acid groups (broad SMARTS) is 1. The molecular weight excluding hydrogens is 432 g/mol. The molecule has 5 N–H and O–H groups in total. The number of carbonyl (C=O) groups excluding carboxylic acids is 3. The maximum atomic E-state index is 12.0. The van der Waals surface area contributed by atoms with Gasteiger partial charge >= 0.3 is 12.0 Å². The second kappa shape index (κ2) is 14.2. The minimum atomic E-state index is -0.983. The second-order valence-corrected chi connectivity index (χ2v) is 9.90. The van der Waals surface area contributed by atoms with Crippen molar-refractivity contribution in [1.29, 1.82) is 0 Å². The molecule has 2 heterocycles. The first-order chi connectivity index (χ1) is 15.4. The molecule has 0 aromatic rings. The van der Waals surface area contributed by atoms with Crippen molar-refractivity contribution in [3.8, 4) is 0 Å². The van der Waals surface area contributed by atoms with Gasteiger partial charge in [0.15, 0.2) is 0 Å². The predicted octanol–water partition coefficient (Wildman–Crippen LogP) is 2.15. The maximum Gasteiger partial charge on any atom is 0.326 e. The van der Waals surface area contributed by atoms with Gasteiger partial charge in [0.2, 0.25) is 11.8 Å². The van der Waals surface area contributed by atoms with Crippen LogP contribution < -0.4 is 21.3 Å². The summed E-state index contributed by atoms with van der Waals surface area (Å²) in [4.78, 5) is 46.4. The molecule has 10 heteroatoms. The number of carboxylic acids is 1. The molecule has 9 nitrogen and oxygen atoms in total. The van der Waals surface area contributed by atoms with E-state index in [0.29, 0.717) is 37.5 Å². The molecule has 2 aliphatic rings. The number of carbonyl (C=O) groups is 4. The molecule has 2 saturated heterocycles. The third kappa shape index (κ3) is 9.26. The molecule has 4 amide bonds. The first-order valence-electron chi connectivity index (χ1n) is 11.9. The number of aliphatic carboxylic acids is 1. The number of hydrogen-bond donors (Lipinski definition) is 5. The summed E-state index contributed by atoms with van der Waals surface area (Å²) in [7, 11) is 0. The van der Waals surface area contributed by atoms with Gasteiger partial charge in [-0.15, -0.1) is 0 Å². The van der Waals surface area contributed by atoms with E-state index in [2.05, 4.69) is 21.3 Å². The zero-order valence-electron chi connectivity index (χ0n) is 19.0. The summed E-state index contributed by atoms with van der Waals surface area (Å²) in [6, 6.07) is -0.410. The van der Waals surface area contributed by atoms with Gasteiger partial charge in [0, 0.05) is 30.4 Å². The Morgan fingerprint density at radius 3 is 2.56 bits per heavy atom. The van der Waals surface area contributed by atoms with Gasteiger partial charge in [-0.05, 0) is 32.1 Å². The summed E-state index contributed by atoms with van der Waals surface area (Å²) >= 11 is 1.89. The van der Waals surface area contributed by atoms with Crippen LogP contribution in [0.15, 0.2) is 0 Å². The Balaban J connectivity index is 1.44. The topological polar surface area (TPSA) is 137 Å². The molecule has 0 aromatic carbocycles. The van der Waals surface area contributed by atoms with Crippen LogP contribution in [-0.4, -0.2) is 64.6 Å². The fourth-order valence-electron chi connectivity index (χ4n) is 4.11. The van der Waals surface area contributed by atoms with Crippen LogP contribution in [-0.2, 0) is 14.4 Å². The van der Waals surface area contributed by atoms with Crippen molar-refractivity contribution < 1.29 is 24.3 Å². The Kier molecular flexibility index (Phi) is 11.7. The summed E-state index contributed by atoms with van der Waals surface area (Å²) in [6.07, 6.45) is 8.02. The normalized spacial score (nSPS) is 22.5. The largest absolute Gasteiger partial charge is 0.480 e. The molecule has 182 valence electrons. The zero-order chi connectivity index (χ0) is 23.3. The molecular formula is C22H38N4O5S. The first-order valence-corrected chi connectivity index (χ1v) is 12.9. The monoisotopic (exact) mass is 470 g/mol. The van der Waals surface area contributed by atoms with E-state index in [0.717, 1.165) is 50.7 Å². The molecule has 0 radical (unpaired) electrons. The Labute approximate surface area is 194 Å². The van der Waals surface area contributed by atoms with Gasteiger partial charge in [-0.2, -0.15) is 11.8 Å². The quantitative estimate of drug-likeness (QED) is 0.173. The highest BCUT2D eigenvalue weighted by Gasteiger charge is 2.42. The Morgan fingerprint density at radius 1 is 1.06 bits per heavy atom. The molecule has 32 heavy (non-hydrogen) atoms. The summed E-state index contributed by atoms with van der Waals surface area (Å²) in [5.74, 6) is -0.203. The molecule has 0 bridgehead atoms. The van der Waals surface area contributed by atoms with Crippen molar-refractivity contribution >= 4 is 35.6 Å². The van der Waals surface area contributed by atoms with Crippen molar-refractivity contribution in [1.82, 2.24) is 21.3 Å². The van der Waals surface area contributed by atoms with Gasteiger partial charge in [-0.1, -0.05) is 32.6 Å². The molecule has 2 fully saturated rings. The van der Waals surface area contributed by atoms with E-state index in [-0.39, 0.29) is 29.9 Å². The first kappa shape index (κ1) is 26.3. The molecule has 2 aliphatic heterocycles. The van der Waals surface area contributed by atoms with Crippen molar-refractivity contribution in [2.45, 2.75) is 101 Å². The number of thioether (sulfide) groups is 1. The minimum absolute atomic E-state index is 0.0516. The van der Waals surface area contributed by atoms with Gasteiger partial charge in [0.05, 0.1) is 12.1 Å². The fraction of sp³-hybridized carbons (Fsp3) is 0.818. The van der Waals surface area contributed by atoms with Gasteiger partial charge < -0.3 is 26.4 Å². The van der Waals surface area contributed by atoms with E-state index < -0.39 is 12.0 Å². The number of rotatable bonds is 16. The standard InChI is InChI=1S/C22H38N4O5S/c1-2-3-9-15(21(29)30)24-19(28)12-5-4-8-13-23-18(27)11-7-6-10-17-20-16(14-32-17)25-22(31)26-20/h15-17,20H,2-14H2,1H3,(H,23,27)(H,24,28)(H,29,30)(H2,25,26,31)/t15?,16-,17-,20-/m0/s1. The molecule has 4 atom stereocenters. The van der Waals surface area contributed by atoms with Crippen LogP contribution in [0.4, 0.5) is 4.79 Å². The highest BCUT2D eigenvalue weighted by molar-refractivity contribution is 8.00. The van der Waals surface area contributed by atoms with Crippen molar-refractivity contribution in [2.75, 3.05) is 12.3 Å². The van der Waals surface area contributed by atoms with E-state index in [4.69, 9.17) is 5.11 Å². The number of urea groups is 1. The van der Waals surface area contributed by atoms with Crippen LogP contribution in [0.2, 0.25) is 0 Å². The summed E-state index contributed by atoms with van der Waals surface area (Å²) in [5, 5.41) is 21.0. The van der Waals surface area contributed by atoms with Crippen molar-refractivity contribution in [2.24, 2.45) is 0 Å². The number of fused-ring (bicyclic) bond motifs is 1. The SMILES string of the molecule is CCCCC(NC(=O)CCCCCNC(=O)CCCC[C@@H]1SC[C@@H]2NC(=O)N[C@@H]21)C(=O)O. The van der Waals surface area contributed by atoms with Gasteiger partial charge in [-0.25, -0.2) is 9.59 Å². The lowest BCUT2D eigenvalue weighted by atomic mass is 10.0. The van der Waals surface area contributed by atoms with Gasteiger partial charge in [-0.3, -0.25) is 9.59 Å². The molecule has 0 aliphatic carbocycles. The highest BCUT2D eigenvalue weighted by atomic mass is 32.2. The van der Waals surface area contributed by atoms with Crippen LogP contribution in [0, 0.1) is 0 Å². The number of nitrogens with one attached hydrogen (secondary N) is 4. The van der Waals surface area contributed by atoms with E-state index >= 15 is 0 Å². The average molecular weight is 471 g/mol. The smallest absolute Gasteiger partial charge is 0.326 e. The fourth-order valence-corrected chi connectivity index (χ4v) is 5.65. The minimum Gasteiger partial charge on any atom is -0.480 e. The number of hydrogen-bond acceptors (Lipinski definition) is 5. The Bertz CT molecular complexity index is 648. The molecule has 0 aromatic heterocycles. The van der Waals surface area contributed by atoms with Crippen molar-refractivity contribution in [3.05, 3.63) is 0 Å². The lowest BCUT2D eigenvalue weighted by Gasteiger charge is -2.16. The van der Waals surface area contributed by atoms with Crippen LogP contribution in [0.1, 0.15) is 77.6 Å². The lowest BCUT2D eigenvalue weighted by Crippen LogP contribution is -2.40. The third-order valence-corrected chi connectivity index (χ3v) is 7.47. The molecule has 0 spiro atoms. The third-order valence-electron chi connectivity index (χ3n) is 5.96. The number of unbranched alkanes of at least 4 members (excludes halogenated alkanes) is 4. The summed E-state index contributed by atoms with van der Waals surface area (Å²) < 4.78 is 0. The molecule has 2 rings (SSSR count). The predicted molar refractivity (Wildman–Crippen MR) is 125 cm³/mol. The van der Waals surface area contributed by atoms with Crippen LogP contribution in [0.3, 0.4) is 0 Å². The maximum absolute atomic E-state index is 12.0. The van der Waals surface area contributed by atoms with Gasteiger partial charge in [0.25, 0.3) is 0 Å². The van der Waals surface area contributed by atoms with E-state index in [1.807, 2.05) is 18.7 Å². The van der Waals surface area contributed by atoms with Gasteiger partial charge in [0.1, 0.15) is 6.04 Å². The lowest BCUT2D eigenvalue weighted by molar-refractivity contribution is -0.142. The van der Waals surface area contributed by atoms with E-state index in [1.54, 1.807) is 0 Å². The summed E-state index contributed by atoms with van der Waals surface area (Å²) in [5.41, 5.74) is 0. The van der Waals surface area contributed by atoms with Crippen LogP contribution >= 0.6 is 11.8 Å². The van der Waals surface area contributed by atoms with E-state index in [1.165, 1.54) is 0 Å². The van der Waals surface area contributed by atoms with E-state index in [9.17, 15) is 19.2 Å². The number of amides is 4. The van der Waals surface area contributed by atoms with Crippen LogP contribution in [0.25, 0.3) is 0 Å². The Morgan fingerprint density at radius 2 is 1.81 bits per heavy atom. The average Bonchev–Trinajstić information content (AvgIpc) is 3.30. The summed E-state index contributed by atoms with van der Waals surface area (Å²) in [6.45, 7) is 2.58. The zero-order valence-corrected chi connectivity index (χ0v) is 19.8. The molecule has 1 unspecified atom stereocenters. The Hall–Kier alpha value is -1.97. The van der Waals surface area contributed by atoms with Crippen LogP contribution in [0.5, 0.6) is 0 Å². The molecule has 0 saturated carbocycles. The van der Waals surface area contributed by atoms with Crippen molar-refractivity contribution in [3.63, 3.8) is 0 Å². The highest BCUT2D eigenvalue weighted by Crippen LogP contribution is 2.33.